The Balaban J connectivity index is 2.29. The number of aryl methyl sites for hydroxylation is 1. The Morgan fingerprint density at radius 2 is 1.91 bits per heavy atom. The average Bonchev–Trinajstić information content (AvgIpc) is 2.81. The predicted octanol–water partition coefficient (Wildman–Crippen LogP) is 3.20. The first-order chi connectivity index (χ1) is 10.7. The van der Waals surface area contributed by atoms with E-state index < -0.39 is 11.5 Å². The number of carbonyl (C=O) groups is 2. The molecule has 23 heavy (non-hydrogen) atoms. The molecule has 0 amide bonds. The first kappa shape index (κ1) is 16.1. The van der Waals surface area contributed by atoms with Gasteiger partial charge in [-0.25, -0.2) is 0 Å². The molecule has 2 aliphatic rings. The van der Waals surface area contributed by atoms with E-state index in [0.29, 0.717) is 17.6 Å². The van der Waals surface area contributed by atoms with Gasteiger partial charge in [-0.15, -0.1) is 0 Å². The fraction of sp³-hybridized carbons (Fsp3) is 0.500. The topological polar surface area (TPSA) is 54.4 Å². The molecule has 0 heterocycles. The molecule has 0 fully saturated rings. The van der Waals surface area contributed by atoms with E-state index in [2.05, 4.69) is 0 Å². The number of carbonyl (C=O) groups excluding carboxylic acids is 2. The van der Waals surface area contributed by atoms with Crippen molar-refractivity contribution < 1.29 is 14.7 Å². The Morgan fingerprint density at radius 3 is 2.48 bits per heavy atom. The van der Waals surface area contributed by atoms with E-state index in [9.17, 15) is 14.7 Å². The van der Waals surface area contributed by atoms with E-state index in [0.717, 1.165) is 16.7 Å². The number of rotatable bonds is 3. The van der Waals surface area contributed by atoms with Gasteiger partial charge in [0.25, 0.3) is 0 Å². The lowest BCUT2D eigenvalue weighted by molar-refractivity contribution is -0.149. The quantitative estimate of drug-likeness (QED) is 0.932. The molecule has 0 unspecified atom stereocenters. The molecule has 3 nitrogen and oxygen atoms in total. The first-order valence-corrected chi connectivity index (χ1v) is 8.35. The van der Waals surface area contributed by atoms with E-state index in [1.54, 1.807) is 0 Å². The third kappa shape index (κ3) is 2.06. The fourth-order valence-corrected chi connectivity index (χ4v) is 3.99. The van der Waals surface area contributed by atoms with Crippen LogP contribution in [0.5, 0.6) is 0 Å². The summed E-state index contributed by atoms with van der Waals surface area (Å²) < 4.78 is 0. The number of benzene rings is 1. The number of ketones is 2. The molecule has 0 aliphatic heterocycles. The van der Waals surface area contributed by atoms with Gasteiger partial charge in [-0.2, -0.15) is 0 Å². The minimum Gasteiger partial charge on any atom is -0.376 e. The third-order valence-electron chi connectivity index (χ3n) is 5.33. The van der Waals surface area contributed by atoms with E-state index in [1.165, 1.54) is 0 Å². The summed E-state index contributed by atoms with van der Waals surface area (Å²) in [4.78, 5) is 25.8. The lowest BCUT2D eigenvalue weighted by atomic mass is 9.70. The van der Waals surface area contributed by atoms with Crippen LogP contribution in [0.4, 0.5) is 0 Å². The van der Waals surface area contributed by atoms with Gasteiger partial charge in [0, 0.05) is 17.1 Å². The van der Waals surface area contributed by atoms with Gasteiger partial charge in [0.15, 0.2) is 11.4 Å². The highest BCUT2D eigenvalue weighted by molar-refractivity contribution is 6.12. The highest BCUT2D eigenvalue weighted by atomic mass is 16.3. The van der Waals surface area contributed by atoms with Crippen molar-refractivity contribution in [2.75, 3.05) is 0 Å². The molecule has 0 spiro atoms. The zero-order chi connectivity index (χ0) is 17.1. The lowest BCUT2D eigenvalue weighted by Crippen LogP contribution is -2.47. The van der Waals surface area contributed by atoms with Crippen molar-refractivity contribution in [2.24, 2.45) is 17.8 Å². The van der Waals surface area contributed by atoms with Crippen LogP contribution in [0.2, 0.25) is 0 Å². The van der Waals surface area contributed by atoms with Crippen LogP contribution in [0.25, 0.3) is 6.08 Å². The second-order valence-electron chi connectivity index (χ2n) is 7.49. The van der Waals surface area contributed by atoms with Gasteiger partial charge in [-0.05, 0) is 42.0 Å². The third-order valence-corrected chi connectivity index (χ3v) is 5.33. The number of hydrogen-bond acceptors (Lipinski definition) is 3. The predicted molar refractivity (Wildman–Crippen MR) is 89.9 cm³/mol. The van der Waals surface area contributed by atoms with Crippen LogP contribution < -0.4 is 0 Å². The number of aliphatic hydroxyl groups is 1. The van der Waals surface area contributed by atoms with Gasteiger partial charge >= 0.3 is 0 Å². The summed E-state index contributed by atoms with van der Waals surface area (Å²) in [6, 6.07) is 3.97. The van der Waals surface area contributed by atoms with Crippen LogP contribution in [0.1, 0.15) is 49.9 Å². The summed E-state index contributed by atoms with van der Waals surface area (Å²) in [5, 5.41) is 11.5. The summed E-state index contributed by atoms with van der Waals surface area (Å²) in [5.74, 6) is -1.19. The maximum absolute atomic E-state index is 13.1. The molecule has 0 saturated heterocycles. The SMILES string of the molecule is Cc1ccc2c3c1C[C@@H](C(=O)C(C)C)[C@]3(O)C(=O)C(C(C)C)=C2. The first-order valence-electron chi connectivity index (χ1n) is 8.35. The van der Waals surface area contributed by atoms with E-state index in [-0.39, 0.29) is 23.4 Å². The second kappa shape index (κ2) is 5.13. The summed E-state index contributed by atoms with van der Waals surface area (Å²) in [6.07, 6.45) is 2.34. The van der Waals surface area contributed by atoms with Gasteiger partial charge in [-0.3, -0.25) is 9.59 Å². The smallest absolute Gasteiger partial charge is 0.195 e. The van der Waals surface area contributed by atoms with Crippen molar-refractivity contribution in [3.05, 3.63) is 40.0 Å². The molecule has 3 rings (SSSR count). The Hall–Kier alpha value is -1.74. The minimum atomic E-state index is -1.69. The van der Waals surface area contributed by atoms with Gasteiger partial charge < -0.3 is 5.11 Å². The molecule has 0 bridgehead atoms. The fourth-order valence-electron chi connectivity index (χ4n) is 3.99. The van der Waals surface area contributed by atoms with Gasteiger partial charge in [0.2, 0.25) is 0 Å². The van der Waals surface area contributed by atoms with Gasteiger partial charge in [0.1, 0.15) is 5.78 Å². The molecule has 1 aromatic rings. The van der Waals surface area contributed by atoms with Gasteiger partial charge in [0.05, 0.1) is 5.92 Å². The molecule has 0 saturated carbocycles. The molecule has 0 radical (unpaired) electrons. The van der Waals surface area contributed by atoms with Crippen LogP contribution in [0.15, 0.2) is 17.7 Å². The van der Waals surface area contributed by atoms with Crippen molar-refractivity contribution in [1.82, 2.24) is 0 Å². The van der Waals surface area contributed by atoms with Crippen molar-refractivity contribution in [1.29, 1.82) is 0 Å². The van der Waals surface area contributed by atoms with E-state index in [4.69, 9.17) is 0 Å². The largest absolute Gasteiger partial charge is 0.376 e. The molecule has 2 aliphatic carbocycles. The summed E-state index contributed by atoms with van der Waals surface area (Å²) >= 11 is 0. The molecular weight excluding hydrogens is 288 g/mol. The molecule has 122 valence electrons. The molecule has 0 aromatic heterocycles. The summed E-state index contributed by atoms with van der Waals surface area (Å²) in [6.45, 7) is 9.52. The second-order valence-corrected chi connectivity index (χ2v) is 7.49. The van der Waals surface area contributed by atoms with Crippen LogP contribution in [-0.4, -0.2) is 16.7 Å². The highest BCUT2D eigenvalue weighted by Gasteiger charge is 2.57. The zero-order valence-electron chi connectivity index (χ0n) is 14.4. The van der Waals surface area contributed by atoms with Crippen LogP contribution in [-0.2, 0) is 21.6 Å². The van der Waals surface area contributed by atoms with Crippen molar-refractivity contribution in [3.8, 4) is 0 Å². The average molecular weight is 312 g/mol. The molecule has 3 heteroatoms. The Labute approximate surface area is 137 Å². The standard InChI is InChI=1S/C20H24O3/c1-10(2)14-8-13-7-6-12(5)15-9-16(18(21)11(3)4)20(23,17(13)15)19(14)22/h6-8,10-11,16,23H,9H2,1-5H3/t16-,20+/m0/s1. The van der Waals surface area contributed by atoms with Crippen LogP contribution in [0.3, 0.4) is 0 Å². The van der Waals surface area contributed by atoms with Crippen molar-refractivity contribution in [3.63, 3.8) is 0 Å². The summed E-state index contributed by atoms with van der Waals surface area (Å²) in [5.41, 5.74) is 2.48. The number of Topliss-reactive ketones (excluding diaryl/α,β-unsaturated/α-hetero) is 2. The van der Waals surface area contributed by atoms with Crippen molar-refractivity contribution in [2.45, 2.75) is 46.6 Å². The Kier molecular flexibility index (Phi) is 3.60. The molecule has 1 aromatic carbocycles. The monoisotopic (exact) mass is 312 g/mol. The molecule has 2 atom stereocenters. The normalized spacial score (nSPS) is 25.8. The lowest BCUT2D eigenvalue weighted by Gasteiger charge is -2.35. The summed E-state index contributed by atoms with van der Waals surface area (Å²) in [7, 11) is 0. The van der Waals surface area contributed by atoms with Gasteiger partial charge in [-0.1, -0.05) is 39.8 Å². The van der Waals surface area contributed by atoms with Crippen LogP contribution >= 0.6 is 0 Å². The van der Waals surface area contributed by atoms with Crippen molar-refractivity contribution >= 4 is 17.6 Å². The van der Waals surface area contributed by atoms with Crippen LogP contribution in [0, 0.1) is 24.7 Å². The number of hydrogen-bond donors (Lipinski definition) is 1. The highest BCUT2D eigenvalue weighted by Crippen LogP contribution is 2.51. The minimum absolute atomic E-state index is 0.0137. The Morgan fingerprint density at radius 1 is 1.26 bits per heavy atom. The van der Waals surface area contributed by atoms with E-state index in [1.807, 2.05) is 52.8 Å². The van der Waals surface area contributed by atoms with E-state index >= 15 is 0 Å². The Bertz CT molecular complexity index is 739. The maximum Gasteiger partial charge on any atom is 0.195 e. The zero-order valence-corrected chi connectivity index (χ0v) is 14.4. The molecular formula is C20H24O3. The molecule has 1 N–H and O–H groups in total. The maximum atomic E-state index is 13.1.